The van der Waals surface area contributed by atoms with E-state index < -0.39 is 10.0 Å². The molecular weight excluding hydrogens is 478 g/mol. The first-order valence-corrected chi connectivity index (χ1v) is 13.4. The van der Waals surface area contributed by atoms with Gasteiger partial charge in [0.2, 0.25) is 15.9 Å². The van der Waals surface area contributed by atoms with E-state index in [1.165, 1.54) is 4.31 Å². The fraction of sp³-hybridized carbons (Fsp3) is 0.346. The number of nitriles is 1. The average molecular weight is 506 g/mol. The van der Waals surface area contributed by atoms with E-state index >= 15 is 0 Å². The Morgan fingerprint density at radius 1 is 1.08 bits per heavy atom. The maximum Gasteiger partial charge on any atom is 0.243 e. The zero-order valence-electron chi connectivity index (χ0n) is 19.8. The van der Waals surface area contributed by atoms with Crippen LogP contribution in [0.4, 0.5) is 11.5 Å². The largest absolute Gasteiger partial charge is 0.379 e. The SMILES string of the molecule is N#Cc1cccc(NC(=O)[C@H]2CCCN(c3ccc4cc(S(=O)(=O)N5CCOCC5)ccc4n3)C2)c1. The number of sulfonamides is 1. The summed E-state index contributed by atoms with van der Waals surface area (Å²) in [6.45, 7) is 2.83. The Balaban J connectivity index is 1.30. The maximum atomic E-state index is 13.0. The Hall–Kier alpha value is -3.52. The van der Waals surface area contributed by atoms with Gasteiger partial charge in [-0.1, -0.05) is 6.07 Å². The zero-order valence-corrected chi connectivity index (χ0v) is 20.6. The topological polar surface area (TPSA) is 116 Å². The van der Waals surface area contributed by atoms with Crippen molar-refractivity contribution in [3.05, 3.63) is 60.2 Å². The highest BCUT2D eigenvalue weighted by Gasteiger charge is 2.28. The normalized spacial score (nSPS) is 19.1. The van der Waals surface area contributed by atoms with Crippen molar-refractivity contribution in [1.82, 2.24) is 9.29 Å². The van der Waals surface area contributed by atoms with E-state index in [9.17, 15) is 13.2 Å². The van der Waals surface area contributed by atoms with Gasteiger partial charge in [-0.2, -0.15) is 9.57 Å². The molecule has 1 N–H and O–H groups in total. The standard InChI is InChI=1S/C26H27N5O4S/c27-17-19-3-1-5-22(15-19)28-26(32)21-4-2-10-30(18-21)25-9-6-20-16-23(7-8-24(20)29-25)36(33,34)31-11-13-35-14-12-31/h1,3,5-9,15-16,21H,2,4,10-14,18H2,(H,28,32)/t21-/m0/s1. The van der Waals surface area contributed by atoms with Crippen LogP contribution in [0.2, 0.25) is 0 Å². The van der Waals surface area contributed by atoms with Crippen molar-refractivity contribution in [3.63, 3.8) is 0 Å². The van der Waals surface area contributed by atoms with Gasteiger partial charge >= 0.3 is 0 Å². The van der Waals surface area contributed by atoms with Crippen LogP contribution in [0.3, 0.4) is 0 Å². The summed E-state index contributed by atoms with van der Waals surface area (Å²) in [5, 5.41) is 12.8. The number of hydrogen-bond acceptors (Lipinski definition) is 7. The number of piperidine rings is 1. The van der Waals surface area contributed by atoms with Gasteiger partial charge in [-0.15, -0.1) is 0 Å². The van der Waals surface area contributed by atoms with Crippen molar-refractivity contribution >= 4 is 38.3 Å². The van der Waals surface area contributed by atoms with E-state index in [0.717, 1.165) is 30.6 Å². The van der Waals surface area contributed by atoms with Crippen LogP contribution >= 0.6 is 0 Å². The summed E-state index contributed by atoms with van der Waals surface area (Å²) in [7, 11) is -3.58. The molecule has 0 spiro atoms. The summed E-state index contributed by atoms with van der Waals surface area (Å²) in [5.74, 6) is 0.479. The molecule has 2 aromatic carbocycles. The maximum absolute atomic E-state index is 13.0. The van der Waals surface area contributed by atoms with E-state index in [1.54, 1.807) is 42.5 Å². The molecule has 1 atom stereocenters. The van der Waals surface area contributed by atoms with Crippen molar-refractivity contribution in [2.75, 3.05) is 49.6 Å². The highest BCUT2D eigenvalue weighted by Crippen LogP contribution is 2.27. The second-order valence-electron chi connectivity index (χ2n) is 9.01. The fourth-order valence-electron chi connectivity index (χ4n) is 4.68. The minimum absolute atomic E-state index is 0.0754. The fourth-order valence-corrected chi connectivity index (χ4v) is 6.12. The number of aromatic nitrogens is 1. The smallest absolute Gasteiger partial charge is 0.243 e. The Morgan fingerprint density at radius 3 is 2.72 bits per heavy atom. The molecule has 3 heterocycles. The van der Waals surface area contributed by atoms with Crippen molar-refractivity contribution in [2.24, 2.45) is 5.92 Å². The number of morpholine rings is 1. The molecule has 9 nitrogen and oxygen atoms in total. The van der Waals surface area contributed by atoms with Crippen LogP contribution < -0.4 is 10.2 Å². The third-order valence-corrected chi connectivity index (χ3v) is 8.52. The summed E-state index contributed by atoms with van der Waals surface area (Å²) in [5.41, 5.74) is 1.82. The first kappa shape index (κ1) is 24.2. The van der Waals surface area contributed by atoms with Gasteiger partial charge in [0, 0.05) is 37.3 Å². The van der Waals surface area contributed by atoms with Crippen molar-refractivity contribution in [2.45, 2.75) is 17.7 Å². The third-order valence-electron chi connectivity index (χ3n) is 6.63. The van der Waals surface area contributed by atoms with Crippen molar-refractivity contribution < 1.29 is 17.9 Å². The first-order valence-electron chi connectivity index (χ1n) is 12.0. The quantitative estimate of drug-likeness (QED) is 0.567. The number of amides is 1. The van der Waals surface area contributed by atoms with Gasteiger partial charge in [0.1, 0.15) is 5.82 Å². The Kier molecular flexibility index (Phi) is 6.87. The Morgan fingerprint density at radius 2 is 1.92 bits per heavy atom. The molecule has 0 bridgehead atoms. The van der Waals surface area contributed by atoms with E-state index in [-0.39, 0.29) is 16.7 Å². The molecule has 1 amide bonds. The molecule has 0 radical (unpaired) electrons. The second kappa shape index (κ2) is 10.2. The number of nitrogens with one attached hydrogen (secondary N) is 1. The monoisotopic (exact) mass is 505 g/mol. The minimum atomic E-state index is -3.58. The molecule has 186 valence electrons. The lowest BCUT2D eigenvalue weighted by Gasteiger charge is -2.33. The number of anilines is 2. The molecule has 3 aromatic rings. The molecule has 2 aliphatic heterocycles. The first-order chi connectivity index (χ1) is 17.4. The number of carbonyl (C=O) groups excluding carboxylic acids is 1. The van der Waals surface area contributed by atoms with Gasteiger partial charge in [0.25, 0.3) is 0 Å². The van der Waals surface area contributed by atoms with Crippen molar-refractivity contribution in [1.29, 1.82) is 5.26 Å². The number of pyridine rings is 1. The molecule has 1 aromatic heterocycles. The summed E-state index contributed by atoms with van der Waals surface area (Å²) < 4.78 is 32.7. The Bertz CT molecular complexity index is 1430. The number of hydrogen-bond donors (Lipinski definition) is 1. The molecule has 0 unspecified atom stereocenters. The molecule has 5 rings (SSSR count). The van der Waals surface area contributed by atoms with Gasteiger partial charge in [-0.05, 0) is 61.4 Å². The van der Waals surface area contributed by atoms with E-state index in [2.05, 4.69) is 16.3 Å². The predicted molar refractivity (Wildman–Crippen MR) is 136 cm³/mol. The van der Waals surface area contributed by atoms with Gasteiger partial charge in [-0.25, -0.2) is 13.4 Å². The molecular formula is C26H27N5O4S. The van der Waals surface area contributed by atoms with E-state index in [0.29, 0.717) is 49.6 Å². The number of fused-ring (bicyclic) bond motifs is 1. The molecule has 0 saturated carbocycles. The van der Waals surface area contributed by atoms with Gasteiger partial charge in [0.15, 0.2) is 0 Å². The molecule has 10 heteroatoms. The van der Waals surface area contributed by atoms with Crippen LogP contribution in [0.5, 0.6) is 0 Å². The predicted octanol–water partition coefficient (Wildman–Crippen LogP) is 2.98. The second-order valence-corrected chi connectivity index (χ2v) is 10.9. The van der Waals surface area contributed by atoms with Crippen LogP contribution in [0.25, 0.3) is 10.9 Å². The lowest BCUT2D eigenvalue weighted by Crippen LogP contribution is -2.41. The lowest BCUT2D eigenvalue weighted by molar-refractivity contribution is -0.120. The third kappa shape index (κ3) is 5.04. The van der Waals surface area contributed by atoms with Gasteiger partial charge in [-0.3, -0.25) is 4.79 Å². The molecule has 2 saturated heterocycles. The Labute approximate surface area is 210 Å². The summed E-state index contributed by atoms with van der Waals surface area (Å²) >= 11 is 0. The molecule has 0 aliphatic carbocycles. The number of benzene rings is 2. The highest BCUT2D eigenvalue weighted by atomic mass is 32.2. The number of carbonyl (C=O) groups is 1. The van der Waals surface area contributed by atoms with E-state index in [4.69, 9.17) is 15.0 Å². The van der Waals surface area contributed by atoms with E-state index in [1.807, 2.05) is 12.1 Å². The van der Waals surface area contributed by atoms with Crippen LogP contribution in [0, 0.1) is 17.2 Å². The number of nitrogens with zero attached hydrogens (tertiary/aromatic N) is 4. The van der Waals surface area contributed by atoms with Gasteiger partial charge in [0.05, 0.1) is 41.2 Å². The average Bonchev–Trinajstić information content (AvgIpc) is 2.93. The highest BCUT2D eigenvalue weighted by molar-refractivity contribution is 7.89. The zero-order chi connectivity index (χ0) is 25.1. The lowest BCUT2D eigenvalue weighted by atomic mass is 9.97. The van der Waals surface area contributed by atoms with Crippen LogP contribution in [0.1, 0.15) is 18.4 Å². The number of ether oxygens (including phenoxy) is 1. The van der Waals surface area contributed by atoms with Crippen LogP contribution in [-0.4, -0.2) is 63.0 Å². The van der Waals surface area contributed by atoms with Crippen molar-refractivity contribution in [3.8, 4) is 6.07 Å². The van der Waals surface area contributed by atoms with Gasteiger partial charge < -0.3 is 15.0 Å². The molecule has 2 aliphatic rings. The van der Waals surface area contributed by atoms with Crippen LogP contribution in [0.15, 0.2) is 59.5 Å². The molecule has 2 fully saturated rings. The minimum Gasteiger partial charge on any atom is -0.379 e. The molecule has 36 heavy (non-hydrogen) atoms. The summed E-state index contributed by atoms with van der Waals surface area (Å²) in [6, 6.07) is 17.7. The summed E-state index contributed by atoms with van der Waals surface area (Å²) in [4.78, 5) is 20.0. The number of rotatable bonds is 5. The summed E-state index contributed by atoms with van der Waals surface area (Å²) in [6.07, 6.45) is 1.63. The van der Waals surface area contributed by atoms with Crippen LogP contribution in [-0.2, 0) is 19.6 Å².